The summed E-state index contributed by atoms with van der Waals surface area (Å²) in [6, 6.07) is 10.2. The minimum Gasteiger partial charge on any atom is -0.469 e. The number of carbonyl (C=O) groups excluding carboxylic acids is 2. The number of thioether (sulfide) groups is 1. The van der Waals surface area contributed by atoms with Crippen LogP contribution in [0.4, 0.5) is 0 Å². The van der Waals surface area contributed by atoms with E-state index in [1.165, 1.54) is 18.9 Å². The number of hydrogen-bond donors (Lipinski definition) is 0. The van der Waals surface area contributed by atoms with Gasteiger partial charge in [-0.25, -0.2) is 0 Å². The number of benzene rings is 1. The van der Waals surface area contributed by atoms with Gasteiger partial charge in [-0.2, -0.15) is 0 Å². The predicted molar refractivity (Wildman–Crippen MR) is 94.7 cm³/mol. The minimum absolute atomic E-state index is 0.112. The molecule has 0 heterocycles. The van der Waals surface area contributed by atoms with Crippen molar-refractivity contribution in [3.05, 3.63) is 30.3 Å². The van der Waals surface area contributed by atoms with Crippen LogP contribution in [0, 0.1) is 17.8 Å². The van der Waals surface area contributed by atoms with E-state index in [9.17, 15) is 9.59 Å². The molecular formula is C19H26O4S. The highest BCUT2D eigenvalue weighted by Crippen LogP contribution is 2.48. The summed E-state index contributed by atoms with van der Waals surface area (Å²) >= 11 is 1.74. The predicted octanol–water partition coefficient (Wildman–Crippen LogP) is 3.94. The molecule has 4 atom stereocenters. The van der Waals surface area contributed by atoms with E-state index in [-0.39, 0.29) is 29.7 Å². The highest BCUT2D eigenvalue weighted by molar-refractivity contribution is 7.99. The fourth-order valence-electron chi connectivity index (χ4n) is 3.71. The SMILES string of the molecule is COC(=O)[C@H](C)[C@@H]1CC[C@@](C)(OC(C)=O)[C@H]1CSc1ccccc1. The molecule has 1 aromatic rings. The molecule has 1 aliphatic rings. The van der Waals surface area contributed by atoms with Gasteiger partial charge in [0.2, 0.25) is 0 Å². The molecule has 4 nitrogen and oxygen atoms in total. The molecule has 0 saturated heterocycles. The number of methoxy groups -OCH3 is 1. The summed E-state index contributed by atoms with van der Waals surface area (Å²) in [6.07, 6.45) is 1.64. The van der Waals surface area contributed by atoms with E-state index >= 15 is 0 Å². The maximum Gasteiger partial charge on any atom is 0.308 e. The second-order valence-corrected chi connectivity index (χ2v) is 7.74. The molecule has 0 bridgehead atoms. The van der Waals surface area contributed by atoms with Gasteiger partial charge >= 0.3 is 11.9 Å². The van der Waals surface area contributed by atoms with Crippen molar-refractivity contribution in [1.29, 1.82) is 0 Å². The van der Waals surface area contributed by atoms with Crippen molar-refractivity contribution in [2.24, 2.45) is 17.8 Å². The highest BCUT2D eigenvalue weighted by atomic mass is 32.2. The Morgan fingerprint density at radius 2 is 2.00 bits per heavy atom. The summed E-state index contributed by atoms with van der Waals surface area (Å²) in [6.45, 7) is 5.36. The summed E-state index contributed by atoms with van der Waals surface area (Å²) in [5.41, 5.74) is -0.527. The first kappa shape index (κ1) is 18.8. The molecule has 1 aliphatic carbocycles. The lowest BCUT2D eigenvalue weighted by molar-refractivity contribution is -0.159. The first-order chi connectivity index (χ1) is 11.4. The van der Waals surface area contributed by atoms with Crippen LogP contribution in [0.15, 0.2) is 35.2 Å². The van der Waals surface area contributed by atoms with Crippen molar-refractivity contribution in [1.82, 2.24) is 0 Å². The lowest BCUT2D eigenvalue weighted by Crippen LogP contribution is -2.40. The zero-order valence-electron chi connectivity index (χ0n) is 14.8. The van der Waals surface area contributed by atoms with Gasteiger partial charge in [0.15, 0.2) is 0 Å². The zero-order valence-corrected chi connectivity index (χ0v) is 15.6. The molecule has 0 spiro atoms. The van der Waals surface area contributed by atoms with E-state index in [1.807, 2.05) is 32.0 Å². The summed E-state index contributed by atoms with van der Waals surface area (Å²) in [7, 11) is 1.42. The maximum atomic E-state index is 12.0. The first-order valence-corrected chi connectivity index (χ1v) is 9.31. The first-order valence-electron chi connectivity index (χ1n) is 8.32. The molecule has 0 aromatic heterocycles. The molecule has 24 heavy (non-hydrogen) atoms. The second kappa shape index (κ2) is 8.06. The monoisotopic (exact) mass is 350 g/mol. The van der Waals surface area contributed by atoms with Gasteiger partial charge in [-0.05, 0) is 37.8 Å². The normalized spacial score (nSPS) is 27.5. The Kier molecular flexibility index (Phi) is 6.33. The summed E-state index contributed by atoms with van der Waals surface area (Å²) in [5.74, 6) is 0.410. The van der Waals surface area contributed by atoms with Gasteiger partial charge in [-0.3, -0.25) is 9.59 Å². The molecule has 0 N–H and O–H groups in total. The smallest absolute Gasteiger partial charge is 0.308 e. The number of carbonyl (C=O) groups is 2. The molecule has 0 unspecified atom stereocenters. The lowest BCUT2D eigenvalue weighted by Gasteiger charge is -2.34. The van der Waals surface area contributed by atoms with Crippen LogP contribution >= 0.6 is 11.8 Å². The fraction of sp³-hybridized carbons (Fsp3) is 0.579. The Bertz CT molecular complexity index is 574. The summed E-state index contributed by atoms with van der Waals surface area (Å²) in [4.78, 5) is 24.8. The lowest BCUT2D eigenvalue weighted by atomic mass is 9.81. The molecule has 1 saturated carbocycles. The van der Waals surface area contributed by atoms with E-state index in [4.69, 9.17) is 9.47 Å². The van der Waals surface area contributed by atoms with Crippen molar-refractivity contribution in [2.75, 3.05) is 12.9 Å². The standard InChI is InChI=1S/C19H26O4S/c1-13(18(21)22-4)16-10-11-19(3,23-14(2)20)17(16)12-24-15-8-6-5-7-9-15/h5-9,13,16-17H,10-12H2,1-4H3/t13-,16+,17+,19-/m1/s1. The average Bonchev–Trinajstić information content (AvgIpc) is 2.87. The topological polar surface area (TPSA) is 52.6 Å². The number of hydrogen-bond acceptors (Lipinski definition) is 5. The zero-order chi connectivity index (χ0) is 17.7. The van der Waals surface area contributed by atoms with Gasteiger partial charge in [-0.1, -0.05) is 25.1 Å². The molecule has 1 fully saturated rings. The number of rotatable bonds is 6. The van der Waals surface area contributed by atoms with Gasteiger partial charge in [0, 0.05) is 23.5 Å². The van der Waals surface area contributed by atoms with Crippen LogP contribution < -0.4 is 0 Å². The molecule has 0 amide bonds. The van der Waals surface area contributed by atoms with Crippen LogP contribution in [-0.2, 0) is 19.1 Å². The van der Waals surface area contributed by atoms with Gasteiger partial charge in [0.25, 0.3) is 0 Å². The largest absolute Gasteiger partial charge is 0.469 e. The summed E-state index contributed by atoms with van der Waals surface area (Å²) < 4.78 is 10.6. The van der Waals surface area contributed by atoms with Gasteiger partial charge in [0.1, 0.15) is 5.60 Å². The number of ether oxygens (including phenoxy) is 2. The van der Waals surface area contributed by atoms with E-state index in [1.54, 1.807) is 11.8 Å². The van der Waals surface area contributed by atoms with E-state index < -0.39 is 5.60 Å². The van der Waals surface area contributed by atoms with Crippen LogP contribution in [-0.4, -0.2) is 30.4 Å². The maximum absolute atomic E-state index is 12.0. The molecule has 2 rings (SSSR count). The van der Waals surface area contributed by atoms with Crippen LogP contribution in [0.25, 0.3) is 0 Å². The van der Waals surface area contributed by atoms with Gasteiger partial charge in [0.05, 0.1) is 13.0 Å². The van der Waals surface area contributed by atoms with Crippen LogP contribution in [0.3, 0.4) is 0 Å². The van der Waals surface area contributed by atoms with Gasteiger partial charge in [-0.15, -0.1) is 11.8 Å². The molecule has 1 aromatic carbocycles. The average molecular weight is 350 g/mol. The Labute approximate surface area is 148 Å². The molecule has 0 radical (unpaired) electrons. The third kappa shape index (κ3) is 4.32. The Morgan fingerprint density at radius 1 is 1.33 bits per heavy atom. The number of esters is 2. The third-order valence-electron chi connectivity index (χ3n) is 5.04. The molecule has 5 heteroatoms. The summed E-state index contributed by atoms with van der Waals surface area (Å²) in [5, 5.41) is 0. The quantitative estimate of drug-likeness (QED) is 0.575. The van der Waals surface area contributed by atoms with E-state index in [0.29, 0.717) is 0 Å². The third-order valence-corrected chi connectivity index (χ3v) is 6.17. The Hall–Kier alpha value is -1.49. The molecule has 132 valence electrons. The second-order valence-electron chi connectivity index (χ2n) is 6.65. The Balaban J connectivity index is 2.18. The highest BCUT2D eigenvalue weighted by Gasteiger charge is 2.50. The van der Waals surface area contributed by atoms with E-state index in [0.717, 1.165) is 18.6 Å². The fourth-order valence-corrected chi connectivity index (χ4v) is 5.03. The molecule has 0 aliphatic heterocycles. The van der Waals surface area contributed by atoms with Crippen molar-refractivity contribution >= 4 is 23.7 Å². The van der Waals surface area contributed by atoms with Crippen molar-refractivity contribution < 1.29 is 19.1 Å². The minimum atomic E-state index is -0.527. The van der Waals surface area contributed by atoms with Crippen molar-refractivity contribution in [3.8, 4) is 0 Å². The van der Waals surface area contributed by atoms with Crippen molar-refractivity contribution in [3.63, 3.8) is 0 Å². The van der Waals surface area contributed by atoms with Crippen LogP contribution in [0.5, 0.6) is 0 Å². The van der Waals surface area contributed by atoms with E-state index in [2.05, 4.69) is 12.1 Å². The van der Waals surface area contributed by atoms with Crippen LogP contribution in [0.1, 0.15) is 33.6 Å². The van der Waals surface area contributed by atoms with Crippen molar-refractivity contribution in [2.45, 2.75) is 44.1 Å². The molecular weight excluding hydrogens is 324 g/mol. The van der Waals surface area contributed by atoms with Gasteiger partial charge < -0.3 is 9.47 Å². The van der Waals surface area contributed by atoms with Crippen LogP contribution in [0.2, 0.25) is 0 Å². The Morgan fingerprint density at radius 3 is 2.58 bits per heavy atom.